The van der Waals surface area contributed by atoms with Crippen LogP contribution in [0.3, 0.4) is 0 Å². The molecule has 2 aliphatic heterocycles. The quantitative estimate of drug-likeness (QED) is 0.350. The van der Waals surface area contributed by atoms with Crippen molar-refractivity contribution in [3.05, 3.63) is 71.5 Å². The standard InChI is InChI=1S/C29H36N8O/c1-21(16-25(19-30-2)37-10-4-5-11-37)22-6-9-27-26(17-22)28(34-33-27)29(38)32-23-7-8-24(31-18-23)20-36-14-12-35(3)13-15-36/h6-9,16-19H,2,4-5,10-15,20H2,1,3H3,(H,32,38)(H,33,34)/b21-16+,25-19+. The van der Waals surface area contributed by atoms with Crippen molar-refractivity contribution in [1.29, 1.82) is 0 Å². The lowest BCUT2D eigenvalue weighted by molar-refractivity contribution is 0.102. The van der Waals surface area contributed by atoms with Gasteiger partial charge in [0.2, 0.25) is 0 Å². The monoisotopic (exact) mass is 512 g/mol. The molecule has 2 saturated heterocycles. The fourth-order valence-electron chi connectivity index (χ4n) is 5.03. The molecule has 0 unspecified atom stereocenters. The number of carbonyl (C=O) groups excluding carboxylic acids is 1. The van der Waals surface area contributed by atoms with Crippen LogP contribution in [0.2, 0.25) is 0 Å². The van der Waals surface area contributed by atoms with Crippen molar-refractivity contribution in [1.82, 2.24) is 29.9 Å². The predicted molar refractivity (Wildman–Crippen MR) is 153 cm³/mol. The second-order valence-corrected chi connectivity index (χ2v) is 10.2. The van der Waals surface area contributed by atoms with Crippen LogP contribution in [0.15, 0.2) is 59.5 Å². The van der Waals surface area contributed by atoms with E-state index in [2.05, 4.69) is 67.0 Å². The van der Waals surface area contributed by atoms with E-state index in [1.54, 1.807) is 6.20 Å². The van der Waals surface area contributed by atoms with Gasteiger partial charge in [-0.1, -0.05) is 6.07 Å². The molecule has 2 aliphatic rings. The number of amides is 1. The minimum Gasteiger partial charge on any atom is -0.370 e. The van der Waals surface area contributed by atoms with Gasteiger partial charge in [0, 0.05) is 57.4 Å². The summed E-state index contributed by atoms with van der Waals surface area (Å²) in [6.45, 7) is 12.8. The van der Waals surface area contributed by atoms with E-state index in [1.807, 2.05) is 36.5 Å². The van der Waals surface area contributed by atoms with E-state index in [4.69, 9.17) is 0 Å². The number of likely N-dealkylation sites (N-methyl/N-ethyl adjacent to an activating group) is 1. The maximum absolute atomic E-state index is 13.2. The largest absolute Gasteiger partial charge is 0.370 e. The molecular formula is C29H36N8O. The van der Waals surface area contributed by atoms with Crippen molar-refractivity contribution in [3.63, 3.8) is 0 Å². The van der Waals surface area contributed by atoms with Crippen LogP contribution in [0.5, 0.6) is 0 Å². The lowest BCUT2D eigenvalue weighted by atomic mass is 10.0. The molecule has 0 spiro atoms. The molecule has 38 heavy (non-hydrogen) atoms. The molecule has 1 amide bonds. The number of carbonyl (C=O) groups is 1. The molecule has 2 N–H and O–H groups in total. The molecule has 0 bridgehead atoms. The van der Waals surface area contributed by atoms with E-state index in [0.717, 1.165) is 79.2 Å². The second-order valence-electron chi connectivity index (χ2n) is 10.2. The number of nitrogens with one attached hydrogen (secondary N) is 2. The zero-order chi connectivity index (χ0) is 26.5. The van der Waals surface area contributed by atoms with Crippen LogP contribution >= 0.6 is 0 Å². The maximum Gasteiger partial charge on any atom is 0.276 e. The Balaban J connectivity index is 1.29. The molecular weight excluding hydrogens is 476 g/mol. The number of aromatic nitrogens is 3. The minimum absolute atomic E-state index is 0.267. The summed E-state index contributed by atoms with van der Waals surface area (Å²) in [6, 6.07) is 9.90. The number of likely N-dealkylation sites (tertiary alicyclic amines) is 1. The molecule has 0 radical (unpaired) electrons. The average molecular weight is 513 g/mol. The van der Waals surface area contributed by atoms with Gasteiger partial charge < -0.3 is 15.1 Å². The fourth-order valence-corrected chi connectivity index (χ4v) is 5.03. The van der Waals surface area contributed by atoms with E-state index in [1.165, 1.54) is 12.8 Å². The minimum atomic E-state index is -0.267. The molecule has 5 rings (SSSR count). The number of aliphatic imine (C=N–C) groups is 1. The lowest BCUT2D eigenvalue weighted by Crippen LogP contribution is -2.43. The van der Waals surface area contributed by atoms with Crippen LogP contribution in [0.4, 0.5) is 5.69 Å². The van der Waals surface area contributed by atoms with E-state index < -0.39 is 0 Å². The number of fused-ring (bicyclic) bond motifs is 1. The number of hydrogen-bond donors (Lipinski definition) is 2. The maximum atomic E-state index is 13.2. The second kappa shape index (κ2) is 11.7. The highest BCUT2D eigenvalue weighted by molar-refractivity contribution is 6.11. The smallest absolute Gasteiger partial charge is 0.276 e. The van der Waals surface area contributed by atoms with Gasteiger partial charge in [-0.25, -0.2) is 0 Å². The number of piperazine rings is 1. The van der Waals surface area contributed by atoms with Gasteiger partial charge in [-0.05, 0) is 75.0 Å². The Bertz CT molecular complexity index is 1340. The van der Waals surface area contributed by atoms with E-state index in [9.17, 15) is 4.79 Å². The molecule has 0 saturated carbocycles. The SMILES string of the molecule is C=N/C=C(\C=C(/C)c1ccc2[nH]nc(C(=O)Nc3ccc(CN4CCN(C)CC4)nc3)c2c1)N1CCCC1. The van der Waals surface area contributed by atoms with Gasteiger partial charge in [0.1, 0.15) is 0 Å². The third-order valence-electron chi connectivity index (χ3n) is 7.36. The molecule has 9 heteroatoms. The van der Waals surface area contributed by atoms with E-state index >= 15 is 0 Å². The first-order chi connectivity index (χ1) is 18.5. The number of pyridine rings is 1. The molecule has 3 aromatic rings. The van der Waals surface area contributed by atoms with Crippen molar-refractivity contribution in [2.24, 2.45) is 4.99 Å². The normalized spacial score (nSPS) is 17.8. The number of allylic oxidation sites excluding steroid dienone is 2. The van der Waals surface area contributed by atoms with Crippen LogP contribution in [0, 0.1) is 0 Å². The number of anilines is 1. The molecule has 198 valence electrons. The van der Waals surface area contributed by atoms with Gasteiger partial charge in [0.15, 0.2) is 5.69 Å². The Kier molecular flexibility index (Phi) is 7.95. The fraction of sp³-hybridized carbons (Fsp3) is 0.379. The van der Waals surface area contributed by atoms with Crippen molar-refractivity contribution in [2.75, 3.05) is 51.6 Å². The Hall–Kier alpha value is -3.82. The van der Waals surface area contributed by atoms with E-state index in [-0.39, 0.29) is 5.91 Å². The Morgan fingerprint density at radius 2 is 1.92 bits per heavy atom. The summed E-state index contributed by atoms with van der Waals surface area (Å²) >= 11 is 0. The first-order valence-electron chi connectivity index (χ1n) is 13.2. The Morgan fingerprint density at radius 1 is 1.13 bits per heavy atom. The van der Waals surface area contributed by atoms with Crippen molar-refractivity contribution in [2.45, 2.75) is 26.3 Å². The average Bonchev–Trinajstić information content (AvgIpc) is 3.61. The Morgan fingerprint density at radius 3 is 2.63 bits per heavy atom. The number of hydrogen-bond acceptors (Lipinski definition) is 7. The molecule has 2 fully saturated rings. The summed E-state index contributed by atoms with van der Waals surface area (Å²) < 4.78 is 0. The highest BCUT2D eigenvalue weighted by Gasteiger charge is 2.18. The molecule has 1 aromatic carbocycles. The van der Waals surface area contributed by atoms with Gasteiger partial charge in [0.25, 0.3) is 5.91 Å². The summed E-state index contributed by atoms with van der Waals surface area (Å²) in [6.07, 6.45) is 8.05. The van der Waals surface area contributed by atoms with Crippen LogP contribution in [-0.4, -0.2) is 88.8 Å². The van der Waals surface area contributed by atoms with Gasteiger partial charge in [0.05, 0.1) is 28.8 Å². The van der Waals surface area contributed by atoms with Crippen LogP contribution < -0.4 is 5.32 Å². The summed E-state index contributed by atoms with van der Waals surface area (Å²) in [5.74, 6) is -0.267. The first kappa shape index (κ1) is 25.8. The third-order valence-corrected chi connectivity index (χ3v) is 7.36. The number of H-pyrrole nitrogens is 1. The first-order valence-corrected chi connectivity index (χ1v) is 13.2. The summed E-state index contributed by atoms with van der Waals surface area (Å²) in [5, 5.41) is 11.0. The zero-order valence-electron chi connectivity index (χ0n) is 22.3. The molecule has 9 nitrogen and oxygen atoms in total. The number of benzene rings is 1. The van der Waals surface area contributed by atoms with Crippen LogP contribution in [0.25, 0.3) is 16.5 Å². The summed E-state index contributed by atoms with van der Waals surface area (Å²) in [5.41, 5.74) is 5.99. The molecule has 0 atom stereocenters. The van der Waals surface area contributed by atoms with Crippen molar-refractivity contribution >= 4 is 34.8 Å². The lowest BCUT2D eigenvalue weighted by Gasteiger charge is -2.32. The van der Waals surface area contributed by atoms with Gasteiger partial charge in [-0.3, -0.25) is 24.8 Å². The Labute approximate surface area is 223 Å². The topological polar surface area (TPSA) is 92.7 Å². The molecule has 4 heterocycles. The zero-order valence-corrected chi connectivity index (χ0v) is 22.3. The third kappa shape index (κ3) is 6.00. The molecule has 2 aromatic heterocycles. The molecule has 0 aliphatic carbocycles. The highest BCUT2D eigenvalue weighted by atomic mass is 16.1. The van der Waals surface area contributed by atoms with Gasteiger partial charge in [-0.15, -0.1) is 0 Å². The van der Waals surface area contributed by atoms with Crippen LogP contribution in [0.1, 0.15) is 41.5 Å². The summed E-state index contributed by atoms with van der Waals surface area (Å²) in [4.78, 5) is 28.8. The predicted octanol–water partition coefficient (Wildman–Crippen LogP) is 4.00. The van der Waals surface area contributed by atoms with Crippen molar-refractivity contribution in [3.8, 4) is 0 Å². The van der Waals surface area contributed by atoms with Crippen molar-refractivity contribution < 1.29 is 4.79 Å². The van der Waals surface area contributed by atoms with Gasteiger partial charge >= 0.3 is 0 Å². The van der Waals surface area contributed by atoms with Gasteiger partial charge in [-0.2, -0.15) is 5.10 Å². The summed E-state index contributed by atoms with van der Waals surface area (Å²) in [7, 11) is 2.15. The van der Waals surface area contributed by atoms with E-state index in [0.29, 0.717) is 11.4 Å². The highest BCUT2D eigenvalue weighted by Crippen LogP contribution is 2.26. The number of aromatic amines is 1. The van der Waals surface area contributed by atoms with Crippen LogP contribution in [-0.2, 0) is 6.54 Å². The number of rotatable bonds is 8. The number of nitrogens with zero attached hydrogens (tertiary/aromatic N) is 6.